The molecule has 0 fully saturated rings. The highest BCUT2D eigenvalue weighted by atomic mass is 35.5. The van der Waals surface area contributed by atoms with Crippen LogP contribution in [0.25, 0.3) is 0 Å². The Labute approximate surface area is 169 Å². The maximum absolute atomic E-state index is 13.3. The second kappa shape index (κ2) is 8.21. The number of nitrogens with zero attached hydrogens (tertiary/aromatic N) is 1. The third-order valence-electron chi connectivity index (χ3n) is 4.00. The molecule has 0 amide bonds. The quantitative estimate of drug-likeness (QED) is 0.535. The number of hydrogen-bond donors (Lipinski definition) is 0. The molecule has 0 bridgehead atoms. The minimum absolute atomic E-state index is 0.160. The van der Waals surface area contributed by atoms with Gasteiger partial charge in [0.25, 0.3) is 10.0 Å². The van der Waals surface area contributed by atoms with E-state index >= 15 is 0 Å². The minimum Gasteiger partial charge on any atom is -0.497 e. The number of ether oxygens (including phenoxy) is 1. The van der Waals surface area contributed by atoms with Gasteiger partial charge in [-0.2, -0.15) is 0 Å². The summed E-state index contributed by atoms with van der Waals surface area (Å²) in [6.45, 7) is 0.160. The molecule has 3 aromatic carbocycles. The van der Waals surface area contributed by atoms with Crippen LogP contribution in [0, 0.1) is 0 Å². The summed E-state index contributed by atoms with van der Waals surface area (Å²) in [5.41, 5.74) is 1.33. The number of sulfonamides is 1. The van der Waals surface area contributed by atoms with Crippen LogP contribution in [0.3, 0.4) is 0 Å². The van der Waals surface area contributed by atoms with Crippen LogP contribution < -0.4 is 9.04 Å². The van der Waals surface area contributed by atoms with Crippen molar-refractivity contribution in [3.63, 3.8) is 0 Å². The van der Waals surface area contributed by atoms with Crippen molar-refractivity contribution >= 4 is 38.9 Å². The molecule has 0 radical (unpaired) electrons. The van der Waals surface area contributed by atoms with Gasteiger partial charge in [-0.1, -0.05) is 35.3 Å². The van der Waals surface area contributed by atoms with Crippen molar-refractivity contribution in [1.82, 2.24) is 0 Å². The normalized spacial score (nSPS) is 11.2. The van der Waals surface area contributed by atoms with Crippen molar-refractivity contribution in [2.75, 3.05) is 11.4 Å². The molecule has 0 saturated heterocycles. The fourth-order valence-corrected chi connectivity index (χ4v) is 4.26. The molecular weight excluding hydrogens is 405 g/mol. The molecule has 3 rings (SSSR count). The second-order valence-electron chi connectivity index (χ2n) is 5.79. The van der Waals surface area contributed by atoms with Crippen LogP contribution in [0.2, 0.25) is 10.0 Å². The van der Waals surface area contributed by atoms with Crippen LogP contribution in [0.4, 0.5) is 5.69 Å². The van der Waals surface area contributed by atoms with E-state index in [1.165, 1.54) is 23.5 Å². The Morgan fingerprint density at radius 2 is 1.33 bits per heavy atom. The van der Waals surface area contributed by atoms with Crippen LogP contribution in [0.15, 0.2) is 77.7 Å². The summed E-state index contributed by atoms with van der Waals surface area (Å²) < 4.78 is 33.1. The molecule has 0 N–H and O–H groups in total. The van der Waals surface area contributed by atoms with Crippen molar-refractivity contribution in [3.8, 4) is 5.75 Å². The first kappa shape index (κ1) is 19.5. The fourth-order valence-electron chi connectivity index (χ4n) is 2.55. The average molecular weight is 422 g/mol. The number of halogens is 2. The predicted molar refractivity (Wildman–Crippen MR) is 109 cm³/mol. The maximum atomic E-state index is 13.3. The molecule has 0 aliphatic heterocycles. The monoisotopic (exact) mass is 421 g/mol. The summed E-state index contributed by atoms with van der Waals surface area (Å²) in [4.78, 5) is 0.173. The lowest BCUT2D eigenvalue weighted by atomic mass is 10.2. The Morgan fingerprint density at radius 1 is 0.815 bits per heavy atom. The standard InChI is InChI=1S/C20H17Cl2NO3S/c1-26-19-10-12-20(13-11-19)27(24,25)23(18-8-6-17(22)7-9-18)14-15-2-4-16(21)5-3-15/h2-13H,14H2,1H3. The van der Waals surface area contributed by atoms with Gasteiger partial charge in [0, 0.05) is 10.0 Å². The van der Waals surface area contributed by atoms with Crippen LogP contribution in [0.1, 0.15) is 5.56 Å². The molecule has 0 spiro atoms. The first-order valence-electron chi connectivity index (χ1n) is 8.07. The lowest BCUT2D eigenvalue weighted by molar-refractivity contribution is 0.414. The summed E-state index contributed by atoms with van der Waals surface area (Å²) in [5.74, 6) is 0.588. The van der Waals surface area contributed by atoms with Crippen molar-refractivity contribution in [1.29, 1.82) is 0 Å². The first-order valence-corrected chi connectivity index (χ1v) is 10.3. The number of benzene rings is 3. The molecule has 3 aromatic rings. The van der Waals surface area contributed by atoms with Crippen LogP contribution in [-0.4, -0.2) is 15.5 Å². The third-order valence-corrected chi connectivity index (χ3v) is 6.29. The van der Waals surface area contributed by atoms with E-state index in [0.717, 1.165) is 5.56 Å². The van der Waals surface area contributed by atoms with Crippen molar-refractivity contribution < 1.29 is 13.2 Å². The SMILES string of the molecule is COc1ccc(S(=O)(=O)N(Cc2ccc(Cl)cc2)c2ccc(Cl)cc2)cc1. The Balaban J connectivity index is 2.03. The van der Waals surface area contributed by atoms with E-state index in [0.29, 0.717) is 21.5 Å². The first-order chi connectivity index (χ1) is 12.9. The van der Waals surface area contributed by atoms with E-state index in [1.54, 1.807) is 60.7 Å². The summed E-state index contributed by atoms with van der Waals surface area (Å²) in [7, 11) is -2.27. The van der Waals surface area contributed by atoms with Gasteiger partial charge < -0.3 is 4.74 Å². The van der Waals surface area contributed by atoms with Gasteiger partial charge in [-0.05, 0) is 66.2 Å². The van der Waals surface area contributed by atoms with Crippen LogP contribution >= 0.6 is 23.2 Å². The Hall–Kier alpha value is -2.21. The molecule has 0 heterocycles. The van der Waals surface area contributed by atoms with Crippen LogP contribution in [0.5, 0.6) is 5.75 Å². The van der Waals surface area contributed by atoms with Gasteiger partial charge in [0.05, 0.1) is 24.2 Å². The van der Waals surface area contributed by atoms with Crippen molar-refractivity contribution in [3.05, 3.63) is 88.4 Å². The van der Waals surface area contributed by atoms with E-state index in [4.69, 9.17) is 27.9 Å². The summed E-state index contributed by atoms with van der Waals surface area (Å²) in [5, 5.41) is 1.13. The molecule has 7 heteroatoms. The van der Waals surface area contributed by atoms with Gasteiger partial charge in [0.1, 0.15) is 5.75 Å². The van der Waals surface area contributed by atoms with Crippen molar-refractivity contribution in [2.24, 2.45) is 0 Å². The molecular formula is C20H17Cl2NO3S. The molecule has 0 aromatic heterocycles. The number of hydrogen-bond acceptors (Lipinski definition) is 3. The highest BCUT2D eigenvalue weighted by Gasteiger charge is 2.25. The molecule has 140 valence electrons. The molecule has 0 aliphatic carbocycles. The largest absolute Gasteiger partial charge is 0.497 e. The minimum atomic E-state index is -3.80. The van der Waals surface area contributed by atoms with Gasteiger partial charge in [-0.25, -0.2) is 8.42 Å². The van der Waals surface area contributed by atoms with Gasteiger partial charge in [0.15, 0.2) is 0 Å². The average Bonchev–Trinajstić information content (AvgIpc) is 2.68. The molecule has 0 unspecified atom stereocenters. The molecule has 0 aliphatic rings. The van der Waals surface area contributed by atoms with Gasteiger partial charge in [-0.15, -0.1) is 0 Å². The van der Waals surface area contributed by atoms with Crippen LogP contribution in [-0.2, 0) is 16.6 Å². The highest BCUT2D eigenvalue weighted by Crippen LogP contribution is 2.28. The topological polar surface area (TPSA) is 46.6 Å². The van der Waals surface area contributed by atoms with E-state index in [1.807, 2.05) is 0 Å². The number of rotatable bonds is 6. The highest BCUT2D eigenvalue weighted by molar-refractivity contribution is 7.92. The number of anilines is 1. The Morgan fingerprint density at radius 3 is 1.85 bits per heavy atom. The Kier molecular flexibility index (Phi) is 5.95. The lowest BCUT2D eigenvalue weighted by Gasteiger charge is -2.25. The molecule has 0 atom stereocenters. The van der Waals surface area contributed by atoms with Gasteiger partial charge in [0.2, 0.25) is 0 Å². The summed E-state index contributed by atoms with van der Waals surface area (Å²) in [6.07, 6.45) is 0. The summed E-state index contributed by atoms with van der Waals surface area (Å²) in [6, 6.07) is 20.0. The lowest BCUT2D eigenvalue weighted by Crippen LogP contribution is -2.30. The number of methoxy groups -OCH3 is 1. The van der Waals surface area contributed by atoms with E-state index < -0.39 is 10.0 Å². The molecule has 0 saturated carbocycles. The Bertz CT molecular complexity index is 1000. The maximum Gasteiger partial charge on any atom is 0.264 e. The molecule has 27 heavy (non-hydrogen) atoms. The predicted octanol–water partition coefficient (Wildman–Crippen LogP) is 5.40. The van der Waals surface area contributed by atoms with E-state index in [2.05, 4.69) is 0 Å². The summed E-state index contributed by atoms with van der Waals surface area (Å²) >= 11 is 11.9. The van der Waals surface area contributed by atoms with E-state index in [9.17, 15) is 8.42 Å². The zero-order valence-corrected chi connectivity index (χ0v) is 16.8. The third kappa shape index (κ3) is 4.56. The second-order valence-corrected chi connectivity index (χ2v) is 8.53. The molecule has 4 nitrogen and oxygen atoms in total. The fraction of sp³-hybridized carbons (Fsp3) is 0.100. The van der Waals surface area contributed by atoms with Crippen molar-refractivity contribution in [2.45, 2.75) is 11.4 Å². The zero-order valence-electron chi connectivity index (χ0n) is 14.5. The van der Waals surface area contributed by atoms with Gasteiger partial charge >= 0.3 is 0 Å². The zero-order chi connectivity index (χ0) is 19.4. The smallest absolute Gasteiger partial charge is 0.264 e. The van der Waals surface area contributed by atoms with Gasteiger partial charge in [-0.3, -0.25) is 4.31 Å². The van der Waals surface area contributed by atoms with E-state index in [-0.39, 0.29) is 11.4 Å².